The van der Waals surface area contributed by atoms with E-state index in [-0.39, 0.29) is 47.3 Å². The average molecular weight is 485 g/mol. The Hall–Kier alpha value is -1.83. The molecule has 2 aliphatic rings. The van der Waals surface area contributed by atoms with Crippen LogP contribution in [0.25, 0.3) is 0 Å². The van der Waals surface area contributed by atoms with Crippen molar-refractivity contribution in [2.75, 3.05) is 19.6 Å². The molecule has 1 atom stereocenters. The lowest BCUT2D eigenvalue weighted by Crippen LogP contribution is -2.41. The molecule has 1 saturated heterocycles. The zero-order valence-corrected chi connectivity index (χ0v) is 20.9. The number of nitrogens with one attached hydrogen (secondary N) is 1. The highest BCUT2D eigenvalue weighted by Crippen LogP contribution is 2.28. The van der Waals surface area contributed by atoms with Crippen molar-refractivity contribution in [3.63, 3.8) is 0 Å². The first-order valence-electron chi connectivity index (χ1n) is 10.9. The molecule has 9 heteroatoms. The van der Waals surface area contributed by atoms with Gasteiger partial charge in [-0.3, -0.25) is 9.59 Å². The van der Waals surface area contributed by atoms with E-state index in [1.54, 1.807) is 9.47 Å². The quantitative estimate of drug-likeness (QED) is 0.720. The molecule has 1 amide bonds. The zero-order chi connectivity index (χ0) is 21.5. The van der Waals surface area contributed by atoms with Crippen LogP contribution in [0.2, 0.25) is 0 Å². The Kier molecular flexibility index (Phi) is 8.59. The van der Waals surface area contributed by atoms with Crippen LogP contribution in [0.5, 0.6) is 0 Å². The standard InChI is InChI=1S/C23H32N4O3.2ClH/c1-15-7-10-26(13-16-6-5-9-24-12-16)20(28)19(15)21(29)27-11-8-18-17(14-27)25-22(30-18)23(2,3)4;;/h7,10,16,24H,5-6,8-9,11-14H2,1-4H3;2*1H. The van der Waals surface area contributed by atoms with Crippen LogP contribution in [0, 0.1) is 12.8 Å². The largest absolute Gasteiger partial charge is 0.445 e. The topological polar surface area (TPSA) is 80.4 Å². The fourth-order valence-corrected chi connectivity index (χ4v) is 4.28. The normalized spacial score (nSPS) is 18.4. The Morgan fingerprint density at radius 3 is 2.72 bits per heavy atom. The highest BCUT2D eigenvalue weighted by atomic mass is 35.5. The van der Waals surface area contributed by atoms with E-state index >= 15 is 0 Å². The van der Waals surface area contributed by atoms with Gasteiger partial charge in [0.2, 0.25) is 0 Å². The molecular formula is C23H34Cl2N4O3. The number of amides is 1. The molecule has 0 bridgehead atoms. The van der Waals surface area contributed by atoms with Gasteiger partial charge in [-0.15, -0.1) is 24.8 Å². The number of fused-ring (bicyclic) bond motifs is 1. The van der Waals surface area contributed by atoms with Crippen LogP contribution < -0.4 is 10.9 Å². The minimum atomic E-state index is -0.209. The van der Waals surface area contributed by atoms with Gasteiger partial charge in [0.05, 0.1) is 6.54 Å². The van der Waals surface area contributed by atoms with Crippen LogP contribution in [0.15, 0.2) is 21.5 Å². The lowest BCUT2D eigenvalue weighted by Gasteiger charge is -2.27. The van der Waals surface area contributed by atoms with E-state index in [0.29, 0.717) is 37.9 Å². The predicted molar refractivity (Wildman–Crippen MR) is 129 cm³/mol. The first-order valence-corrected chi connectivity index (χ1v) is 10.9. The summed E-state index contributed by atoms with van der Waals surface area (Å²) < 4.78 is 7.64. The number of piperidine rings is 1. The fourth-order valence-electron chi connectivity index (χ4n) is 4.28. The molecule has 2 aromatic rings. The van der Waals surface area contributed by atoms with Crippen molar-refractivity contribution >= 4 is 30.7 Å². The summed E-state index contributed by atoms with van der Waals surface area (Å²) in [5.74, 6) is 1.77. The van der Waals surface area contributed by atoms with E-state index in [9.17, 15) is 9.59 Å². The maximum Gasteiger partial charge on any atom is 0.263 e. The van der Waals surface area contributed by atoms with Gasteiger partial charge < -0.3 is 19.2 Å². The van der Waals surface area contributed by atoms with Crippen LogP contribution in [-0.4, -0.2) is 40.0 Å². The number of hydrogen-bond donors (Lipinski definition) is 1. The van der Waals surface area contributed by atoms with Gasteiger partial charge in [0.15, 0.2) is 5.89 Å². The van der Waals surface area contributed by atoms with E-state index in [1.165, 1.54) is 0 Å². The molecule has 32 heavy (non-hydrogen) atoms. The second-order valence-electron chi connectivity index (χ2n) is 9.66. The Labute approximate surface area is 201 Å². The molecule has 4 heterocycles. The van der Waals surface area contributed by atoms with Crippen molar-refractivity contribution in [2.45, 2.75) is 65.5 Å². The van der Waals surface area contributed by atoms with E-state index in [2.05, 4.69) is 31.1 Å². The first-order chi connectivity index (χ1) is 14.2. The lowest BCUT2D eigenvalue weighted by molar-refractivity contribution is 0.0724. The van der Waals surface area contributed by atoms with Gasteiger partial charge in [-0.2, -0.15) is 0 Å². The van der Waals surface area contributed by atoms with Crippen molar-refractivity contribution in [3.05, 3.63) is 51.1 Å². The molecule has 0 saturated carbocycles. The van der Waals surface area contributed by atoms with Crippen LogP contribution >= 0.6 is 24.8 Å². The second kappa shape index (κ2) is 10.4. The molecule has 0 aliphatic carbocycles. The Bertz CT molecular complexity index is 1000. The molecule has 178 valence electrons. The zero-order valence-electron chi connectivity index (χ0n) is 19.3. The number of aromatic nitrogens is 2. The number of carbonyl (C=O) groups is 1. The summed E-state index contributed by atoms with van der Waals surface area (Å²) in [6.45, 7) is 11.5. The highest BCUT2D eigenvalue weighted by molar-refractivity contribution is 5.95. The van der Waals surface area contributed by atoms with E-state index in [1.807, 2.05) is 19.2 Å². The number of rotatable bonds is 3. The van der Waals surface area contributed by atoms with Crippen LogP contribution in [0.4, 0.5) is 0 Å². The maximum atomic E-state index is 13.3. The molecule has 0 spiro atoms. The molecular weight excluding hydrogens is 451 g/mol. The Morgan fingerprint density at radius 2 is 2.06 bits per heavy atom. The SMILES string of the molecule is Cc1ccn(CC2CCCNC2)c(=O)c1C(=O)N1CCc2oc(C(C)(C)C)nc2C1.Cl.Cl. The van der Waals surface area contributed by atoms with Crippen molar-refractivity contribution in [1.29, 1.82) is 0 Å². The van der Waals surface area contributed by atoms with Crippen molar-refractivity contribution in [3.8, 4) is 0 Å². The van der Waals surface area contributed by atoms with Gasteiger partial charge in [-0.1, -0.05) is 20.8 Å². The van der Waals surface area contributed by atoms with Crippen LogP contribution in [0.3, 0.4) is 0 Å². The molecule has 7 nitrogen and oxygen atoms in total. The van der Waals surface area contributed by atoms with E-state index in [4.69, 9.17) is 4.42 Å². The third-order valence-electron chi connectivity index (χ3n) is 6.10. The second-order valence-corrected chi connectivity index (χ2v) is 9.66. The number of aryl methyl sites for hydroxylation is 1. The Morgan fingerprint density at radius 1 is 1.31 bits per heavy atom. The summed E-state index contributed by atoms with van der Waals surface area (Å²) in [5, 5.41) is 3.39. The molecule has 4 rings (SSSR count). The minimum Gasteiger partial charge on any atom is -0.445 e. The van der Waals surface area contributed by atoms with Gasteiger partial charge >= 0.3 is 0 Å². The van der Waals surface area contributed by atoms with Gasteiger partial charge in [0.1, 0.15) is 17.0 Å². The smallest absolute Gasteiger partial charge is 0.263 e. The van der Waals surface area contributed by atoms with E-state index < -0.39 is 0 Å². The van der Waals surface area contributed by atoms with Gasteiger partial charge in [-0.25, -0.2) is 4.98 Å². The van der Waals surface area contributed by atoms with Crippen LogP contribution in [0.1, 0.15) is 66.9 Å². The number of nitrogens with zero attached hydrogens (tertiary/aromatic N) is 3. The summed E-state index contributed by atoms with van der Waals surface area (Å²) in [4.78, 5) is 32.9. The number of oxazole rings is 1. The van der Waals surface area contributed by atoms with Crippen molar-refractivity contribution in [1.82, 2.24) is 19.8 Å². The summed E-state index contributed by atoms with van der Waals surface area (Å²) >= 11 is 0. The molecule has 1 N–H and O–H groups in total. The number of carbonyl (C=O) groups excluding carboxylic acids is 1. The minimum absolute atomic E-state index is 0. The van der Waals surface area contributed by atoms with Gasteiger partial charge in [-0.05, 0) is 50.4 Å². The number of pyridine rings is 1. The molecule has 0 aromatic carbocycles. The Balaban J connectivity index is 0.00000181. The maximum absolute atomic E-state index is 13.3. The summed E-state index contributed by atoms with van der Waals surface area (Å²) in [6.07, 6.45) is 4.68. The monoisotopic (exact) mass is 484 g/mol. The molecule has 2 aliphatic heterocycles. The van der Waals surface area contributed by atoms with Gasteiger partial charge in [0.25, 0.3) is 11.5 Å². The lowest BCUT2D eigenvalue weighted by atomic mass is 9.97. The average Bonchev–Trinajstić information content (AvgIpc) is 3.15. The predicted octanol–water partition coefficient (Wildman–Crippen LogP) is 3.48. The summed E-state index contributed by atoms with van der Waals surface area (Å²) in [6, 6.07) is 1.88. The fraction of sp³-hybridized carbons (Fsp3) is 0.609. The molecule has 0 radical (unpaired) electrons. The third-order valence-corrected chi connectivity index (χ3v) is 6.10. The first kappa shape index (κ1) is 26.4. The third kappa shape index (κ3) is 5.38. The highest BCUT2D eigenvalue weighted by Gasteiger charge is 2.31. The number of hydrogen-bond acceptors (Lipinski definition) is 5. The van der Waals surface area contributed by atoms with E-state index in [0.717, 1.165) is 42.9 Å². The molecule has 2 aromatic heterocycles. The van der Waals surface area contributed by atoms with Crippen molar-refractivity contribution in [2.24, 2.45) is 5.92 Å². The summed E-state index contributed by atoms with van der Waals surface area (Å²) in [7, 11) is 0. The molecule has 1 fully saturated rings. The van der Waals surface area contributed by atoms with Crippen molar-refractivity contribution < 1.29 is 9.21 Å². The van der Waals surface area contributed by atoms with Crippen LogP contribution in [-0.2, 0) is 24.9 Å². The summed E-state index contributed by atoms with van der Waals surface area (Å²) in [5.41, 5.74) is 1.45. The number of halogens is 2. The molecule has 1 unspecified atom stereocenters. The van der Waals surface area contributed by atoms with Gasteiger partial charge in [0, 0.05) is 31.1 Å².